The van der Waals surface area contributed by atoms with Gasteiger partial charge in [0.05, 0.1) is 6.04 Å². The minimum absolute atomic E-state index is 0.0772. The van der Waals surface area contributed by atoms with E-state index in [-0.39, 0.29) is 11.9 Å². The maximum atomic E-state index is 12.9. The fraction of sp³-hybridized carbons (Fsp3) is 0.600. The van der Waals surface area contributed by atoms with Crippen molar-refractivity contribution in [2.24, 2.45) is 5.73 Å². The molecule has 1 heterocycles. The van der Waals surface area contributed by atoms with Gasteiger partial charge in [-0.3, -0.25) is 4.79 Å². The summed E-state index contributed by atoms with van der Waals surface area (Å²) in [7, 11) is 0. The molecule has 144 valence electrons. The average Bonchev–Trinajstić information content (AvgIpc) is 3.14. The van der Waals surface area contributed by atoms with Gasteiger partial charge in [0.25, 0.3) is 0 Å². The molecule has 26 heavy (non-hydrogen) atoms. The van der Waals surface area contributed by atoms with Crippen molar-refractivity contribution in [1.29, 1.82) is 0 Å². The number of nitrogens with one attached hydrogen (secondary N) is 1. The number of carbonyl (C=O) groups excluding carboxylic acids is 1. The third kappa shape index (κ3) is 6.11. The molecule has 4 N–H and O–H groups in total. The summed E-state index contributed by atoms with van der Waals surface area (Å²) in [5, 5.41) is 12.7. The molecule has 1 unspecified atom stereocenters. The predicted molar refractivity (Wildman–Crippen MR) is 102 cm³/mol. The van der Waals surface area contributed by atoms with E-state index in [2.05, 4.69) is 17.4 Å². The van der Waals surface area contributed by atoms with Crippen molar-refractivity contribution in [2.75, 3.05) is 19.6 Å². The number of nitrogens with zero attached hydrogens (tertiary/aromatic N) is 1. The van der Waals surface area contributed by atoms with Crippen LogP contribution in [-0.4, -0.2) is 53.6 Å². The van der Waals surface area contributed by atoms with E-state index in [0.29, 0.717) is 25.9 Å². The lowest BCUT2D eigenvalue weighted by atomic mass is 10.1. The minimum atomic E-state index is -0.902. The van der Waals surface area contributed by atoms with Gasteiger partial charge in [-0.1, -0.05) is 36.8 Å². The van der Waals surface area contributed by atoms with Gasteiger partial charge >= 0.3 is 5.97 Å². The van der Waals surface area contributed by atoms with Gasteiger partial charge in [0.1, 0.15) is 6.04 Å². The molecule has 1 fully saturated rings. The molecule has 0 spiro atoms. The Morgan fingerprint density at radius 3 is 2.69 bits per heavy atom. The number of carboxylic acid groups (broad SMARTS) is 1. The highest BCUT2D eigenvalue weighted by molar-refractivity contribution is 5.87. The van der Waals surface area contributed by atoms with Crippen LogP contribution < -0.4 is 11.1 Å². The molecule has 1 amide bonds. The molecule has 0 radical (unpaired) electrons. The minimum Gasteiger partial charge on any atom is -0.480 e. The quantitative estimate of drug-likeness (QED) is 0.522. The number of nitrogens with two attached hydrogens (primary N) is 1. The summed E-state index contributed by atoms with van der Waals surface area (Å²) in [4.78, 5) is 25.8. The third-order valence-corrected chi connectivity index (χ3v) is 4.94. The van der Waals surface area contributed by atoms with Crippen LogP contribution in [0.25, 0.3) is 0 Å². The normalized spacial score (nSPS) is 18.0. The zero-order chi connectivity index (χ0) is 18.8. The molecule has 0 bridgehead atoms. The van der Waals surface area contributed by atoms with E-state index in [0.717, 1.165) is 38.6 Å². The number of aryl methyl sites for hydroxylation is 1. The second kappa shape index (κ2) is 10.9. The maximum absolute atomic E-state index is 12.9. The van der Waals surface area contributed by atoms with Gasteiger partial charge in [0.15, 0.2) is 0 Å². The van der Waals surface area contributed by atoms with Crippen molar-refractivity contribution in [1.82, 2.24) is 10.2 Å². The summed E-state index contributed by atoms with van der Waals surface area (Å²) in [5.74, 6) is -0.979. The van der Waals surface area contributed by atoms with Crippen LogP contribution in [0.4, 0.5) is 0 Å². The highest BCUT2D eigenvalue weighted by Gasteiger charge is 2.36. The highest BCUT2D eigenvalue weighted by atomic mass is 16.4. The van der Waals surface area contributed by atoms with Crippen LogP contribution in [0, 0.1) is 0 Å². The topological polar surface area (TPSA) is 95.7 Å². The van der Waals surface area contributed by atoms with Gasteiger partial charge in [-0.2, -0.15) is 0 Å². The molecule has 1 aliphatic heterocycles. The predicted octanol–water partition coefficient (Wildman–Crippen LogP) is 1.78. The van der Waals surface area contributed by atoms with Gasteiger partial charge in [-0.05, 0) is 57.2 Å². The van der Waals surface area contributed by atoms with Crippen LogP contribution in [0.3, 0.4) is 0 Å². The number of likely N-dealkylation sites (tertiary alicyclic amines) is 1. The van der Waals surface area contributed by atoms with E-state index < -0.39 is 12.0 Å². The number of amides is 1. The number of hydrogen-bond acceptors (Lipinski definition) is 4. The molecule has 1 aliphatic rings. The number of carbonyl (C=O) groups is 2. The van der Waals surface area contributed by atoms with Crippen molar-refractivity contribution >= 4 is 11.9 Å². The molecule has 0 aliphatic carbocycles. The number of hydrogen-bond donors (Lipinski definition) is 3. The van der Waals surface area contributed by atoms with E-state index in [9.17, 15) is 14.7 Å². The molecule has 2 rings (SSSR count). The van der Waals surface area contributed by atoms with Crippen molar-refractivity contribution in [3.63, 3.8) is 0 Å². The lowest BCUT2D eigenvalue weighted by Crippen LogP contribution is -2.50. The van der Waals surface area contributed by atoms with Crippen molar-refractivity contribution in [3.8, 4) is 0 Å². The Morgan fingerprint density at radius 2 is 2.00 bits per heavy atom. The van der Waals surface area contributed by atoms with Crippen LogP contribution in [0.2, 0.25) is 0 Å². The van der Waals surface area contributed by atoms with Gasteiger partial charge < -0.3 is 21.1 Å². The summed E-state index contributed by atoms with van der Waals surface area (Å²) in [6, 6.07) is 9.27. The molecule has 1 aromatic rings. The van der Waals surface area contributed by atoms with E-state index in [1.165, 1.54) is 5.56 Å². The van der Waals surface area contributed by atoms with E-state index in [1.54, 1.807) is 4.90 Å². The molecular weight excluding hydrogens is 330 g/mol. The summed E-state index contributed by atoms with van der Waals surface area (Å²) >= 11 is 0. The Labute approximate surface area is 155 Å². The third-order valence-electron chi connectivity index (χ3n) is 4.94. The smallest absolute Gasteiger partial charge is 0.326 e. The second-order valence-electron chi connectivity index (χ2n) is 6.91. The Bertz CT molecular complexity index is 565. The molecular formula is C20H31N3O3. The lowest BCUT2D eigenvalue weighted by molar-refractivity contribution is -0.149. The van der Waals surface area contributed by atoms with Crippen LogP contribution >= 0.6 is 0 Å². The van der Waals surface area contributed by atoms with Crippen LogP contribution in [-0.2, 0) is 16.0 Å². The largest absolute Gasteiger partial charge is 0.480 e. The van der Waals surface area contributed by atoms with Gasteiger partial charge in [0, 0.05) is 6.54 Å². The molecule has 0 saturated carbocycles. The molecule has 0 aromatic heterocycles. The Morgan fingerprint density at radius 1 is 1.23 bits per heavy atom. The monoisotopic (exact) mass is 361 g/mol. The van der Waals surface area contributed by atoms with E-state index >= 15 is 0 Å². The average molecular weight is 361 g/mol. The zero-order valence-electron chi connectivity index (χ0n) is 15.4. The lowest BCUT2D eigenvalue weighted by Gasteiger charge is -2.27. The van der Waals surface area contributed by atoms with Gasteiger partial charge in [0.2, 0.25) is 5.91 Å². The molecule has 6 heteroatoms. The Hall–Kier alpha value is -1.92. The number of carboxylic acids is 1. The number of rotatable bonds is 11. The van der Waals surface area contributed by atoms with E-state index in [1.807, 2.05) is 18.2 Å². The first-order chi connectivity index (χ1) is 12.6. The summed E-state index contributed by atoms with van der Waals surface area (Å²) in [6.07, 6.45) is 5.63. The van der Waals surface area contributed by atoms with Gasteiger partial charge in [-0.15, -0.1) is 0 Å². The molecule has 1 saturated heterocycles. The van der Waals surface area contributed by atoms with Crippen molar-refractivity contribution in [3.05, 3.63) is 35.9 Å². The Balaban J connectivity index is 1.87. The van der Waals surface area contributed by atoms with Crippen molar-refractivity contribution in [2.45, 2.75) is 57.0 Å². The van der Waals surface area contributed by atoms with Gasteiger partial charge in [-0.25, -0.2) is 4.79 Å². The summed E-state index contributed by atoms with van der Waals surface area (Å²) in [5.41, 5.74) is 6.85. The second-order valence-corrected chi connectivity index (χ2v) is 6.91. The van der Waals surface area contributed by atoms with Crippen molar-refractivity contribution < 1.29 is 14.7 Å². The zero-order valence-corrected chi connectivity index (χ0v) is 15.4. The van der Waals surface area contributed by atoms with E-state index in [4.69, 9.17) is 5.73 Å². The SMILES string of the molecule is NCCCCC(NCCCc1ccccc1)C(=O)N1CCC[C@@H]1C(=O)O. The fourth-order valence-corrected chi connectivity index (χ4v) is 3.51. The molecule has 2 atom stereocenters. The highest BCUT2D eigenvalue weighted by Crippen LogP contribution is 2.19. The van der Waals surface area contributed by atoms with Crippen LogP contribution in [0.5, 0.6) is 0 Å². The summed E-state index contributed by atoms with van der Waals surface area (Å²) < 4.78 is 0. The number of unbranched alkanes of at least 4 members (excludes halogenated alkanes) is 1. The summed E-state index contributed by atoms with van der Waals surface area (Å²) in [6.45, 7) is 1.88. The first-order valence-electron chi connectivity index (χ1n) is 9.64. The standard InChI is InChI=1S/C20H31N3O3/c21-13-5-4-11-17(19(24)23-15-7-12-18(23)20(25)26)22-14-6-10-16-8-2-1-3-9-16/h1-3,8-9,17-18,22H,4-7,10-15,21H2,(H,25,26)/t17?,18-/m1/s1. The number of benzene rings is 1. The van der Waals surface area contributed by atoms with Crippen LogP contribution in [0.15, 0.2) is 30.3 Å². The number of aliphatic carboxylic acids is 1. The first kappa shape index (κ1) is 20.4. The maximum Gasteiger partial charge on any atom is 0.326 e. The molecule has 6 nitrogen and oxygen atoms in total. The van der Waals surface area contributed by atoms with Crippen LogP contribution in [0.1, 0.15) is 44.1 Å². The molecule has 1 aromatic carbocycles. The first-order valence-corrected chi connectivity index (χ1v) is 9.64. The Kier molecular flexibility index (Phi) is 8.58. The fourth-order valence-electron chi connectivity index (χ4n) is 3.51.